The zero-order chi connectivity index (χ0) is 15.1. The Bertz CT molecular complexity index is 640. The number of rotatable bonds is 2. The van der Waals surface area contributed by atoms with Gasteiger partial charge in [0.15, 0.2) is 0 Å². The van der Waals surface area contributed by atoms with E-state index in [1.807, 2.05) is 13.8 Å². The van der Waals surface area contributed by atoms with Gasteiger partial charge in [-0.25, -0.2) is 8.42 Å². The molecule has 0 aromatic heterocycles. The standard InChI is InChI=1S/C14H20N2O3S/c1-10-5-6-13(9-11(10)2)20(18,19)16-8-7-15(4)14(17)12(16)3/h5-6,9,12H,7-8H2,1-4H3. The van der Waals surface area contributed by atoms with Crippen molar-refractivity contribution in [3.63, 3.8) is 0 Å². The van der Waals surface area contributed by atoms with Crippen LogP contribution in [0, 0.1) is 13.8 Å². The molecule has 0 bridgehead atoms. The first-order valence-corrected chi connectivity index (χ1v) is 8.03. The summed E-state index contributed by atoms with van der Waals surface area (Å²) in [5.74, 6) is -0.163. The predicted molar refractivity (Wildman–Crippen MR) is 76.9 cm³/mol. The van der Waals surface area contributed by atoms with E-state index < -0.39 is 16.1 Å². The van der Waals surface area contributed by atoms with Crippen LogP contribution in [0.25, 0.3) is 0 Å². The van der Waals surface area contributed by atoms with E-state index in [0.29, 0.717) is 13.1 Å². The minimum atomic E-state index is -3.62. The fraction of sp³-hybridized carbons (Fsp3) is 0.500. The molecule has 6 heteroatoms. The molecule has 1 heterocycles. The van der Waals surface area contributed by atoms with Crippen LogP contribution in [0.3, 0.4) is 0 Å². The first-order chi connectivity index (χ1) is 9.25. The van der Waals surface area contributed by atoms with E-state index in [4.69, 9.17) is 0 Å². The minimum Gasteiger partial charge on any atom is -0.343 e. The van der Waals surface area contributed by atoms with Gasteiger partial charge in [0.25, 0.3) is 0 Å². The predicted octanol–water partition coefficient (Wildman–Crippen LogP) is 1.15. The number of hydrogen-bond donors (Lipinski definition) is 0. The quantitative estimate of drug-likeness (QED) is 0.823. The summed E-state index contributed by atoms with van der Waals surface area (Å²) in [5, 5.41) is 0. The molecule has 1 aliphatic rings. The Hall–Kier alpha value is -1.40. The van der Waals surface area contributed by atoms with Crippen LogP contribution in [0.1, 0.15) is 18.1 Å². The monoisotopic (exact) mass is 296 g/mol. The summed E-state index contributed by atoms with van der Waals surface area (Å²) in [7, 11) is -1.93. The number of amides is 1. The minimum absolute atomic E-state index is 0.163. The van der Waals surface area contributed by atoms with Crippen molar-refractivity contribution in [3.8, 4) is 0 Å². The molecule has 0 N–H and O–H groups in total. The van der Waals surface area contributed by atoms with E-state index in [1.165, 1.54) is 4.31 Å². The molecule has 110 valence electrons. The van der Waals surface area contributed by atoms with Crippen molar-refractivity contribution in [1.82, 2.24) is 9.21 Å². The Morgan fingerprint density at radius 3 is 2.40 bits per heavy atom. The lowest BCUT2D eigenvalue weighted by Crippen LogP contribution is -2.56. The molecule has 0 radical (unpaired) electrons. The summed E-state index contributed by atoms with van der Waals surface area (Å²) in [6.07, 6.45) is 0. The summed E-state index contributed by atoms with van der Waals surface area (Å²) in [6, 6.07) is 4.42. The van der Waals surface area contributed by atoms with Gasteiger partial charge in [-0.1, -0.05) is 6.07 Å². The van der Waals surface area contributed by atoms with Gasteiger partial charge in [0, 0.05) is 20.1 Å². The second-order valence-electron chi connectivity index (χ2n) is 5.30. The molecule has 1 aliphatic heterocycles. The maximum Gasteiger partial charge on any atom is 0.243 e. The lowest BCUT2D eigenvalue weighted by Gasteiger charge is -2.36. The number of aryl methyl sites for hydroxylation is 2. The van der Waals surface area contributed by atoms with Gasteiger partial charge in [0.2, 0.25) is 15.9 Å². The lowest BCUT2D eigenvalue weighted by molar-refractivity contribution is -0.136. The highest BCUT2D eigenvalue weighted by atomic mass is 32.2. The van der Waals surface area contributed by atoms with Crippen molar-refractivity contribution in [2.24, 2.45) is 0 Å². The van der Waals surface area contributed by atoms with Crippen molar-refractivity contribution in [2.45, 2.75) is 31.7 Å². The van der Waals surface area contributed by atoms with Crippen molar-refractivity contribution in [2.75, 3.05) is 20.1 Å². The number of piperazine rings is 1. The zero-order valence-electron chi connectivity index (χ0n) is 12.3. The molecule has 0 aliphatic carbocycles. The first kappa shape index (κ1) is 15.0. The second-order valence-corrected chi connectivity index (χ2v) is 7.19. The topological polar surface area (TPSA) is 57.7 Å². The smallest absolute Gasteiger partial charge is 0.243 e. The zero-order valence-corrected chi connectivity index (χ0v) is 13.1. The average molecular weight is 296 g/mol. The molecule has 20 heavy (non-hydrogen) atoms. The van der Waals surface area contributed by atoms with E-state index in [9.17, 15) is 13.2 Å². The van der Waals surface area contributed by atoms with Crippen LogP contribution in [-0.2, 0) is 14.8 Å². The molecule has 1 aromatic rings. The van der Waals surface area contributed by atoms with Gasteiger partial charge in [-0.2, -0.15) is 4.31 Å². The van der Waals surface area contributed by atoms with E-state index in [1.54, 1.807) is 37.1 Å². The van der Waals surface area contributed by atoms with Crippen LogP contribution < -0.4 is 0 Å². The number of carbonyl (C=O) groups excluding carboxylic acids is 1. The van der Waals surface area contributed by atoms with Crippen LogP contribution in [-0.4, -0.2) is 49.7 Å². The molecular weight excluding hydrogens is 276 g/mol. The molecule has 0 spiro atoms. The molecular formula is C14H20N2O3S. The van der Waals surface area contributed by atoms with E-state index in [-0.39, 0.29) is 10.8 Å². The summed E-state index contributed by atoms with van der Waals surface area (Å²) in [6.45, 7) is 6.21. The summed E-state index contributed by atoms with van der Waals surface area (Å²) in [4.78, 5) is 13.8. The van der Waals surface area contributed by atoms with Gasteiger partial charge in [0.1, 0.15) is 6.04 Å². The molecule has 1 amide bonds. The van der Waals surface area contributed by atoms with E-state index in [2.05, 4.69) is 0 Å². The van der Waals surface area contributed by atoms with Gasteiger partial charge in [0.05, 0.1) is 4.90 Å². The van der Waals surface area contributed by atoms with Crippen LogP contribution in [0.4, 0.5) is 0 Å². The van der Waals surface area contributed by atoms with Crippen LogP contribution in [0.15, 0.2) is 23.1 Å². The van der Waals surface area contributed by atoms with E-state index >= 15 is 0 Å². The fourth-order valence-electron chi connectivity index (χ4n) is 2.33. The third-order valence-electron chi connectivity index (χ3n) is 3.91. The molecule has 1 saturated heterocycles. The number of likely N-dealkylation sites (N-methyl/N-ethyl adjacent to an activating group) is 1. The van der Waals surface area contributed by atoms with Crippen LogP contribution in [0.5, 0.6) is 0 Å². The second kappa shape index (κ2) is 5.18. The number of benzene rings is 1. The molecule has 5 nitrogen and oxygen atoms in total. The third kappa shape index (κ3) is 2.45. The first-order valence-electron chi connectivity index (χ1n) is 6.59. The Morgan fingerprint density at radius 1 is 1.15 bits per heavy atom. The molecule has 1 fully saturated rings. The Morgan fingerprint density at radius 2 is 1.80 bits per heavy atom. The van der Waals surface area contributed by atoms with Gasteiger partial charge in [-0.05, 0) is 44.0 Å². The number of sulfonamides is 1. The molecule has 1 unspecified atom stereocenters. The Labute approximate surface area is 120 Å². The fourth-order valence-corrected chi connectivity index (χ4v) is 4.00. The largest absolute Gasteiger partial charge is 0.343 e. The maximum absolute atomic E-state index is 12.7. The maximum atomic E-state index is 12.7. The van der Waals surface area contributed by atoms with Crippen LogP contribution >= 0.6 is 0 Å². The van der Waals surface area contributed by atoms with Crippen molar-refractivity contribution in [1.29, 1.82) is 0 Å². The van der Waals surface area contributed by atoms with Gasteiger partial charge >= 0.3 is 0 Å². The number of nitrogens with zero attached hydrogens (tertiary/aromatic N) is 2. The lowest BCUT2D eigenvalue weighted by atomic mass is 10.1. The molecule has 1 atom stereocenters. The highest BCUT2D eigenvalue weighted by molar-refractivity contribution is 7.89. The summed E-state index contributed by atoms with van der Waals surface area (Å²) >= 11 is 0. The highest BCUT2D eigenvalue weighted by Crippen LogP contribution is 2.23. The average Bonchev–Trinajstić information content (AvgIpc) is 2.38. The highest BCUT2D eigenvalue weighted by Gasteiger charge is 2.37. The number of carbonyl (C=O) groups is 1. The van der Waals surface area contributed by atoms with Crippen molar-refractivity contribution < 1.29 is 13.2 Å². The van der Waals surface area contributed by atoms with Crippen molar-refractivity contribution >= 4 is 15.9 Å². The van der Waals surface area contributed by atoms with Crippen molar-refractivity contribution in [3.05, 3.63) is 29.3 Å². The molecule has 1 aromatic carbocycles. The van der Waals surface area contributed by atoms with Gasteiger partial charge in [-0.3, -0.25) is 4.79 Å². The summed E-state index contributed by atoms with van der Waals surface area (Å²) in [5.41, 5.74) is 1.98. The van der Waals surface area contributed by atoms with Gasteiger partial charge in [-0.15, -0.1) is 0 Å². The Kier molecular flexibility index (Phi) is 3.88. The van der Waals surface area contributed by atoms with Gasteiger partial charge < -0.3 is 4.90 Å². The molecule has 0 saturated carbocycles. The van der Waals surface area contributed by atoms with E-state index in [0.717, 1.165) is 11.1 Å². The summed E-state index contributed by atoms with van der Waals surface area (Å²) < 4.78 is 26.6. The number of hydrogen-bond acceptors (Lipinski definition) is 3. The Balaban J connectivity index is 2.39. The van der Waals surface area contributed by atoms with Crippen LogP contribution in [0.2, 0.25) is 0 Å². The molecule has 2 rings (SSSR count). The normalized spacial score (nSPS) is 21.3. The SMILES string of the molecule is Cc1ccc(S(=O)(=O)N2CCN(C)C(=O)C2C)cc1C. The third-order valence-corrected chi connectivity index (χ3v) is 5.87.